The Morgan fingerprint density at radius 3 is 2.69 bits per heavy atom. The van der Waals surface area contributed by atoms with Crippen molar-refractivity contribution in [1.82, 2.24) is 15.0 Å². The first-order valence-corrected chi connectivity index (χ1v) is 8.83. The van der Waals surface area contributed by atoms with Gasteiger partial charge in [0.15, 0.2) is 0 Å². The van der Waals surface area contributed by atoms with E-state index in [2.05, 4.69) is 20.3 Å². The van der Waals surface area contributed by atoms with E-state index in [0.29, 0.717) is 5.69 Å². The Hall–Kier alpha value is -3.46. The van der Waals surface area contributed by atoms with Crippen molar-refractivity contribution < 1.29 is 13.9 Å². The zero-order valence-corrected chi connectivity index (χ0v) is 15.7. The van der Waals surface area contributed by atoms with Gasteiger partial charge in [0, 0.05) is 17.5 Å². The lowest BCUT2D eigenvalue weighted by Gasteiger charge is -2.32. The van der Waals surface area contributed by atoms with Crippen molar-refractivity contribution in [2.45, 2.75) is 18.4 Å². The predicted molar refractivity (Wildman–Crippen MR) is 106 cm³/mol. The molecule has 2 aromatic carbocycles. The average molecular weight is 398 g/mol. The molecule has 150 valence electrons. The molecule has 1 heterocycles. The van der Waals surface area contributed by atoms with Gasteiger partial charge in [-0.1, -0.05) is 36.4 Å². The van der Waals surface area contributed by atoms with Crippen LogP contribution in [0.4, 0.5) is 8.78 Å². The van der Waals surface area contributed by atoms with Crippen LogP contribution in [0.3, 0.4) is 0 Å². The Morgan fingerprint density at radius 2 is 2.00 bits per heavy atom. The average Bonchev–Trinajstić information content (AvgIpc) is 3.21. The Kier molecular flexibility index (Phi) is 6.08. The fourth-order valence-corrected chi connectivity index (χ4v) is 2.99. The fraction of sp³-hybridized carbons (Fsp3) is 0.200. The highest BCUT2D eigenvalue weighted by molar-refractivity contribution is 5.69. The topological polar surface area (TPSA) is 102 Å². The summed E-state index contributed by atoms with van der Waals surface area (Å²) >= 11 is 0. The van der Waals surface area contributed by atoms with E-state index in [9.17, 15) is 13.9 Å². The van der Waals surface area contributed by atoms with Crippen LogP contribution in [-0.2, 0) is 5.60 Å². The molecular formula is C20H20F2N6O. The lowest BCUT2D eigenvalue weighted by Crippen LogP contribution is -2.37. The van der Waals surface area contributed by atoms with Crippen LogP contribution < -0.4 is 5.73 Å². The maximum absolute atomic E-state index is 14.5. The molecule has 2 unspecified atom stereocenters. The molecule has 0 bridgehead atoms. The van der Waals surface area contributed by atoms with Crippen molar-refractivity contribution in [3.05, 3.63) is 77.6 Å². The molecule has 0 aliphatic rings. The predicted octanol–water partition coefficient (Wildman–Crippen LogP) is 2.55. The largest absolute Gasteiger partial charge is 0.390 e. The summed E-state index contributed by atoms with van der Waals surface area (Å²) in [6.07, 6.45) is 3.84. The van der Waals surface area contributed by atoms with Crippen LogP contribution in [0.15, 0.2) is 64.7 Å². The van der Waals surface area contributed by atoms with E-state index in [4.69, 9.17) is 5.73 Å². The van der Waals surface area contributed by atoms with Crippen LogP contribution >= 0.6 is 0 Å². The first-order chi connectivity index (χ1) is 14.0. The van der Waals surface area contributed by atoms with Gasteiger partial charge < -0.3 is 10.8 Å². The van der Waals surface area contributed by atoms with E-state index in [1.165, 1.54) is 6.07 Å². The monoisotopic (exact) mass is 398 g/mol. The molecule has 3 aromatic rings. The Balaban J connectivity index is 2.00. The molecule has 0 saturated heterocycles. The number of nitrogens with two attached hydrogens (primary N) is 1. The molecule has 0 fully saturated rings. The summed E-state index contributed by atoms with van der Waals surface area (Å²) in [6, 6.07) is 12.3. The SMILES string of the molecule is CC(c1cn(-c2ccccc2)nn1)C(O)(CN=CN=CN)c1ccc(F)cc1F. The Morgan fingerprint density at radius 1 is 1.24 bits per heavy atom. The van der Waals surface area contributed by atoms with Crippen molar-refractivity contribution in [3.63, 3.8) is 0 Å². The van der Waals surface area contributed by atoms with Crippen LogP contribution in [0.2, 0.25) is 0 Å². The maximum atomic E-state index is 14.5. The normalized spacial score (nSPS) is 15.0. The molecule has 3 N–H and O–H groups in total. The lowest BCUT2D eigenvalue weighted by atomic mass is 9.80. The second-order valence-electron chi connectivity index (χ2n) is 6.45. The van der Waals surface area contributed by atoms with Gasteiger partial charge in [-0.25, -0.2) is 18.5 Å². The molecular weight excluding hydrogens is 378 g/mol. The van der Waals surface area contributed by atoms with E-state index < -0.39 is 23.2 Å². The van der Waals surface area contributed by atoms with E-state index in [-0.39, 0.29) is 12.1 Å². The summed E-state index contributed by atoms with van der Waals surface area (Å²) < 4.78 is 29.5. The second kappa shape index (κ2) is 8.70. The Bertz CT molecular complexity index is 1020. The summed E-state index contributed by atoms with van der Waals surface area (Å²) in [5.74, 6) is -2.35. The molecule has 3 rings (SSSR count). The maximum Gasteiger partial charge on any atom is 0.132 e. The van der Waals surface area contributed by atoms with Crippen LogP contribution in [-0.4, -0.2) is 39.3 Å². The fourth-order valence-electron chi connectivity index (χ4n) is 2.99. The molecule has 7 nitrogen and oxygen atoms in total. The van der Waals surface area contributed by atoms with Gasteiger partial charge in [-0.15, -0.1) is 5.10 Å². The van der Waals surface area contributed by atoms with Crippen LogP contribution in [0.5, 0.6) is 0 Å². The number of para-hydroxylation sites is 1. The number of hydrogen-bond donors (Lipinski definition) is 2. The minimum atomic E-state index is -1.82. The Labute approximate surface area is 166 Å². The van der Waals surface area contributed by atoms with E-state index >= 15 is 0 Å². The van der Waals surface area contributed by atoms with Gasteiger partial charge >= 0.3 is 0 Å². The number of halogens is 2. The molecule has 29 heavy (non-hydrogen) atoms. The standard InChI is InChI=1S/C20H20F2N6O/c1-14(19-10-28(27-26-19)16-5-3-2-4-6-16)20(29,11-24-13-25-12-23)17-8-7-15(21)9-18(17)22/h2-10,12-14,29H,11H2,1H3,(H2,23,24,25). The minimum absolute atomic E-state index is 0.102. The second-order valence-corrected chi connectivity index (χ2v) is 6.45. The van der Waals surface area contributed by atoms with Gasteiger partial charge in [0.2, 0.25) is 0 Å². The highest BCUT2D eigenvalue weighted by Crippen LogP contribution is 2.38. The van der Waals surface area contributed by atoms with Crippen molar-refractivity contribution in [2.75, 3.05) is 6.54 Å². The van der Waals surface area contributed by atoms with Gasteiger partial charge in [-0.3, -0.25) is 4.99 Å². The third-order valence-electron chi connectivity index (χ3n) is 4.66. The lowest BCUT2D eigenvalue weighted by molar-refractivity contribution is 0.0175. The van der Waals surface area contributed by atoms with Crippen LogP contribution in [0.1, 0.15) is 24.1 Å². The number of aromatic nitrogens is 3. The highest BCUT2D eigenvalue weighted by Gasteiger charge is 2.40. The molecule has 9 heteroatoms. The van der Waals surface area contributed by atoms with Crippen molar-refractivity contribution in [2.24, 2.45) is 15.7 Å². The molecule has 0 aliphatic heterocycles. The molecule has 0 radical (unpaired) electrons. The first kappa shape index (κ1) is 20.3. The van der Waals surface area contributed by atoms with E-state index in [1.54, 1.807) is 17.8 Å². The molecule has 0 saturated carbocycles. The zero-order chi connectivity index (χ0) is 20.9. The number of aliphatic imine (C=N–C) groups is 2. The van der Waals surface area contributed by atoms with Gasteiger partial charge in [0.25, 0.3) is 0 Å². The summed E-state index contributed by atoms with van der Waals surface area (Å²) in [7, 11) is 0. The minimum Gasteiger partial charge on any atom is -0.390 e. The molecule has 0 amide bonds. The quantitative estimate of drug-likeness (QED) is 0.472. The smallest absolute Gasteiger partial charge is 0.132 e. The summed E-state index contributed by atoms with van der Waals surface area (Å²) in [4.78, 5) is 7.66. The molecule has 2 atom stereocenters. The van der Waals surface area contributed by atoms with Gasteiger partial charge in [-0.05, 0) is 18.2 Å². The summed E-state index contributed by atoms with van der Waals surface area (Å²) in [6.45, 7) is 1.43. The van der Waals surface area contributed by atoms with E-state index in [1.807, 2.05) is 30.3 Å². The van der Waals surface area contributed by atoms with Crippen molar-refractivity contribution >= 4 is 12.7 Å². The van der Waals surface area contributed by atoms with Gasteiger partial charge in [0.1, 0.15) is 23.6 Å². The van der Waals surface area contributed by atoms with E-state index in [0.717, 1.165) is 30.5 Å². The summed E-state index contributed by atoms with van der Waals surface area (Å²) in [5, 5.41) is 19.6. The number of nitrogens with zero attached hydrogens (tertiary/aromatic N) is 5. The number of hydrogen-bond acceptors (Lipinski definition) is 4. The zero-order valence-electron chi connectivity index (χ0n) is 15.7. The molecule has 1 aromatic heterocycles. The number of aliphatic hydroxyl groups is 1. The highest BCUT2D eigenvalue weighted by atomic mass is 19.1. The van der Waals surface area contributed by atoms with Crippen LogP contribution in [0.25, 0.3) is 5.69 Å². The van der Waals surface area contributed by atoms with Gasteiger partial charge in [-0.2, -0.15) is 0 Å². The van der Waals surface area contributed by atoms with Crippen molar-refractivity contribution in [1.29, 1.82) is 0 Å². The number of rotatable bonds is 7. The summed E-state index contributed by atoms with van der Waals surface area (Å²) in [5.41, 5.74) is 4.44. The molecule has 0 spiro atoms. The number of benzene rings is 2. The van der Waals surface area contributed by atoms with Gasteiger partial charge in [0.05, 0.1) is 30.5 Å². The first-order valence-electron chi connectivity index (χ1n) is 8.83. The van der Waals surface area contributed by atoms with Crippen LogP contribution in [0, 0.1) is 11.6 Å². The molecule has 0 aliphatic carbocycles. The third-order valence-corrected chi connectivity index (χ3v) is 4.66. The third kappa shape index (κ3) is 4.35. The van der Waals surface area contributed by atoms with Crippen molar-refractivity contribution in [3.8, 4) is 5.69 Å².